The largest absolute Gasteiger partial charge is 0.466 e. The highest BCUT2D eigenvalue weighted by atomic mass is 16.3. The van der Waals surface area contributed by atoms with Crippen molar-refractivity contribution < 1.29 is 9.21 Å². The SMILES string of the molecule is Cc1cc(C(=O)NCCCCCCN)c(C)o1. The van der Waals surface area contributed by atoms with Crippen molar-refractivity contribution in [3.63, 3.8) is 0 Å². The van der Waals surface area contributed by atoms with Crippen LogP contribution in [0, 0.1) is 13.8 Å². The molecule has 17 heavy (non-hydrogen) atoms. The first-order valence-electron chi connectivity index (χ1n) is 6.20. The summed E-state index contributed by atoms with van der Waals surface area (Å²) in [7, 11) is 0. The first-order valence-corrected chi connectivity index (χ1v) is 6.20. The number of carbonyl (C=O) groups excluding carboxylic acids is 1. The molecule has 0 saturated heterocycles. The predicted molar refractivity (Wildman–Crippen MR) is 68.0 cm³/mol. The van der Waals surface area contributed by atoms with Crippen LogP contribution in [-0.2, 0) is 0 Å². The molecule has 1 aromatic heterocycles. The van der Waals surface area contributed by atoms with E-state index in [4.69, 9.17) is 10.2 Å². The Labute approximate surface area is 103 Å². The number of nitrogens with two attached hydrogens (primary N) is 1. The average Bonchev–Trinajstić information content (AvgIpc) is 2.62. The van der Waals surface area contributed by atoms with Crippen molar-refractivity contribution >= 4 is 5.91 Å². The van der Waals surface area contributed by atoms with E-state index in [1.54, 1.807) is 6.07 Å². The lowest BCUT2D eigenvalue weighted by Crippen LogP contribution is -2.24. The van der Waals surface area contributed by atoms with E-state index in [0.717, 1.165) is 38.0 Å². The lowest BCUT2D eigenvalue weighted by atomic mass is 10.2. The normalized spacial score (nSPS) is 10.5. The minimum Gasteiger partial charge on any atom is -0.466 e. The Morgan fingerprint density at radius 3 is 2.59 bits per heavy atom. The van der Waals surface area contributed by atoms with E-state index < -0.39 is 0 Å². The number of amides is 1. The van der Waals surface area contributed by atoms with Crippen LogP contribution in [0.2, 0.25) is 0 Å². The molecular formula is C13H22N2O2. The lowest BCUT2D eigenvalue weighted by molar-refractivity contribution is 0.0951. The molecule has 0 aromatic carbocycles. The van der Waals surface area contributed by atoms with E-state index in [-0.39, 0.29) is 5.91 Å². The second-order valence-electron chi connectivity index (χ2n) is 4.29. The molecule has 0 radical (unpaired) electrons. The third-order valence-corrected chi connectivity index (χ3v) is 2.70. The summed E-state index contributed by atoms with van der Waals surface area (Å²) in [5, 5.41) is 2.90. The number of unbranched alkanes of at least 4 members (excludes halogenated alkanes) is 3. The van der Waals surface area contributed by atoms with E-state index in [9.17, 15) is 4.79 Å². The standard InChI is InChI=1S/C13H22N2O2/c1-10-9-12(11(2)17-10)13(16)15-8-6-4-3-5-7-14/h9H,3-8,14H2,1-2H3,(H,15,16). The van der Waals surface area contributed by atoms with Gasteiger partial charge in [0.25, 0.3) is 5.91 Å². The first kappa shape index (κ1) is 13.8. The maximum absolute atomic E-state index is 11.8. The lowest BCUT2D eigenvalue weighted by Gasteiger charge is -2.03. The van der Waals surface area contributed by atoms with Crippen LogP contribution in [-0.4, -0.2) is 19.0 Å². The fraction of sp³-hybridized carbons (Fsp3) is 0.615. The van der Waals surface area contributed by atoms with Gasteiger partial charge in [0.05, 0.1) is 5.56 Å². The van der Waals surface area contributed by atoms with Crippen LogP contribution < -0.4 is 11.1 Å². The van der Waals surface area contributed by atoms with E-state index in [0.29, 0.717) is 17.9 Å². The minimum atomic E-state index is -0.0434. The van der Waals surface area contributed by atoms with Crippen LogP contribution in [0.1, 0.15) is 47.6 Å². The quantitative estimate of drug-likeness (QED) is 0.715. The molecule has 1 rings (SSSR count). The molecule has 0 aliphatic carbocycles. The monoisotopic (exact) mass is 238 g/mol. The van der Waals surface area contributed by atoms with Crippen molar-refractivity contribution in [2.24, 2.45) is 5.73 Å². The summed E-state index contributed by atoms with van der Waals surface area (Å²) in [5.41, 5.74) is 6.05. The highest BCUT2D eigenvalue weighted by Gasteiger charge is 2.12. The van der Waals surface area contributed by atoms with Crippen LogP contribution >= 0.6 is 0 Å². The van der Waals surface area contributed by atoms with Crippen molar-refractivity contribution in [2.75, 3.05) is 13.1 Å². The molecular weight excluding hydrogens is 216 g/mol. The molecule has 1 heterocycles. The van der Waals surface area contributed by atoms with Crippen molar-refractivity contribution in [1.29, 1.82) is 0 Å². The third-order valence-electron chi connectivity index (χ3n) is 2.70. The fourth-order valence-electron chi connectivity index (χ4n) is 1.78. The summed E-state index contributed by atoms with van der Waals surface area (Å²) in [5.74, 6) is 1.41. The summed E-state index contributed by atoms with van der Waals surface area (Å²) in [4.78, 5) is 11.8. The second-order valence-corrected chi connectivity index (χ2v) is 4.29. The summed E-state index contributed by atoms with van der Waals surface area (Å²) < 4.78 is 5.32. The number of hydrogen-bond donors (Lipinski definition) is 2. The van der Waals surface area contributed by atoms with Crippen LogP contribution in [0.3, 0.4) is 0 Å². The molecule has 1 aromatic rings. The third kappa shape index (κ3) is 4.61. The number of aryl methyl sites for hydroxylation is 2. The van der Waals surface area contributed by atoms with Gasteiger partial charge in [-0.1, -0.05) is 12.8 Å². The van der Waals surface area contributed by atoms with Gasteiger partial charge in [0.15, 0.2) is 0 Å². The molecule has 0 spiro atoms. The zero-order valence-electron chi connectivity index (χ0n) is 10.7. The topological polar surface area (TPSA) is 68.3 Å². The van der Waals surface area contributed by atoms with Crippen LogP contribution in [0.25, 0.3) is 0 Å². The van der Waals surface area contributed by atoms with E-state index in [1.165, 1.54) is 0 Å². The molecule has 0 unspecified atom stereocenters. The molecule has 1 amide bonds. The van der Waals surface area contributed by atoms with E-state index in [1.807, 2.05) is 13.8 Å². The number of furan rings is 1. The molecule has 3 N–H and O–H groups in total. The maximum Gasteiger partial charge on any atom is 0.254 e. The van der Waals surface area contributed by atoms with Crippen molar-refractivity contribution in [1.82, 2.24) is 5.32 Å². The van der Waals surface area contributed by atoms with Crippen LogP contribution in [0.5, 0.6) is 0 Å². The Kier molecular flexibility index (Phi) is 5.77. The Morgan fingerprint density at radius 2 is 2.00 bits per heavy atom. The van der Waals surface area contributed by atoms with Crippen LogP contribution in [0.4, 0.5) is 0 Å². The van der Waals surface area contributed by atoms with Crippen LogP contribution in [0.15, 0.2) is 10.5 Å². The Bertz CT molecular complexity index is 358. The zero-order chi connectivity index (χ0) is 12.7. The van der Waals surface area contributed by atoms with Gasteiger partial charge in [-0.25, -0.2) is 0 Å². The molecule has 0 atom stereocenters. The van der Waals surface area contributed by atoms with Crippen molar-refractivity contribution in [3.8, 4) is 0 Å². The van der Waals surface area contributed by atoms with E-state index in [2.05, 4.69) is 5.32 Å². The molecule has 96 valence electrons. The van der Waals surface area contributed by atoms with Gasteiger partial charge in [-0.05, 0) is 39.3 Å². The van der Waals surface area contributed by atoms with Gasteiger partial charge in [-0.2, -0.15) is 0 Å². The van der Waals surface area contributed by atoms with E-state index >= 15 is 0 Å². The molecule has 0 saturated carbocycles. The van der Waals surface area contributed by atoms with Gasteiger partial charge in [0, 0.05) is 6.54 Å². The molecule has 4 nitrogen and oxygen atoms in total. The smallest absolute Gasteiger partial charge is 0.254 e. The second kappa shape index (κ2) is 7.12. The molecule has 0 aliphatic heterocycles. The fourth-order valence-corrected chi connectivity index (χ4v) is 1.78. The Hall–Kier alpha value is -1.29. The van der Waals surface area contributed by atoms with Gasteiger partial charge in [-0.15, -0.1) is 0 Å². The average molecular weight is 238 g/mol. The summed E-state index contributed by atoms with van der Waals surface area (Å²) in [6.07, 6.45) is 4.31. The van der Waals surface area contributed by atoms with Crippen molar-refractivity contribution in [3.05, 3.63) is 23.2 Å². The Balaban J connectivity index is 2.23. The summed E-state index contributed by atoms with van der Waals surface area (Å²) in [6, 6.07) is 1.78. The number of hydrogen-bond acceptors (Lipinski definition) is 3. The molecule has 0 bridgehead atoms. The maximum atomic E-state index is 11.8. The predicted octanol–water partition coefficient (Wildman–Crippen LogP) is 2.15. The summed E-state index contributed by atoms with van der Waals surface area (Å²) in [6.45, 7) is 5.12. The van der Waals surface area contributed by atoms with Crippen molar-refractivity contribution in [2.45, 2.75) is 39.5 Å². The number of rotatable bonds is 7. The van der Waals surface area contributed by atoms with Gasteiger partial charge in [0.2, 0.25) is 0 Å². The van der Waals surface area contributed by atoms with Gasteiger partial charge in [0.1, 0.15) is 11.5 Å². The molecule has 4 heteroatoms. The Morgan fingerprint density at radius 1 is 1.29 bits per heavy atom. The minimum absolute atomic E-state index is 0.0434. The number of nitrogens with one attached hydrogen (secondary N) is 1. The van der Waals surface area contributed by atoms with Gasteiger partial charge >= 0.3 is 0 Å². The summed E-state index contributed by atoms with van der Waals surface area (Å²) >= 11 is 0. The number of carbonyl (C=O) groups is 1. The van der Waals surface area contributed by atoms with Gasteiger partial charge < -0.3 is 15.5 Å². The highest BCUT2D eigenvalue weighted by molar-refractivity contribution is 5.95. The van der Waals surface area contributed by atoms with Gasteiger partial charge in [-0.3, -0.25) is 4.79 Å². The molecule has 0 aliphatic rings. The highest BCUT2D eigenvalue weighted by Crippen LogP contribution is 2.13. The zero-order valence-corrected chi connectivity index (χ0v) is 10.7. The first-order chi connectivity index (χ1) is 8.15. The molecule has 0 fully saturated rings.